The van der Waals surface area contributed by atoms with Crippen molar-refractivity contribution in [1.82, 2.24) is 5.32 Å². The summed E-state index contributed by atoms with van der Waals surface area (Å²) in [5.74, 6) is 1.17. The van der Waals surface area contributed by atoms with Crippen molar-refractivity contribution in [3.63, 3.8) is 0 Å². The minimum absolute atomic E-state index is 0.293. The lowest BCUT2D eigenvalue weighted by Gasteiger charge is -2.32. The number of ether oxygens (including phenoxy) is 1. The first-order chi connectivity index (χ1) is 8.04. The Bertz CT molecular complexity index is 246. The molecule has 0 aromatic rings. The van der Waals surface area contributed by atoms with E-state index < -0.39 is 0 Å². The average Bonchev–Trinajstić information content (AvgIpc) is 2.28. The summed E-state index contributed by atoms with van der Waals surface area (Å²) in [6.45, 7) is 7.66. The second-order valence-electron chi connectivity index (χ2n) is 5.24. The molecular weight excluding hydrogens is 216 g/mol. The van der Waals surface area contributed by atoms with Crippen LogP contribution >= 0.6 is 0 Å². The molecule has 0 radical (unpaired) electrons. The first-order valence-corrected chi connectivity index (χ1v) is 6.68. The highest BCUT2D eigenvalue weighted by molar-refractivity contribution is 5.79. The normalized spacial score (nSPS) is 31.1. The van der Waals surface area contributed by atoms with Crippen LogP contribution in [0.1, 0.15) is 40.0 Å². The number of nitrogens with one attached hydrogen (secondary N) is 1. The van der Waals surface area contributed by atoms with Crippen LogP contribution in [0.4, 0.5) is 0 Å². The zero-order valence-corrected chi connectivity index (χ0v) is 11.2. The molecule has 0 aromatic carbocycles. The van der Waals surface area contributed by atoms with Gasteiger partial charge in [-0.05, 0) is 37.6 Å². The quantitative estimate of drug-likeness (QED) is 0.737. The molecule has 1 rings (SSSR count). The monoisotopic (exact) mass is 242 g/mol. The molecule has 0 aromatic heterocycles. The molecule has 0 aliphatic heterocycles. The number of rotatable bonds is 6. The Morgan fingerprint density at radius 2 is 2.12 bits per heavy atom. The van der Waals surface area contributed by atoms with Gasteiger partial charge in [0.2, 0.25) is 5.91 Å². The first kappa shape index (κ1) is 14.5. The molecule has 4 nitrogen and oxygen atoms in total. The number of hydrogen-bond acceptors (Lipinski definition) is 3. The molecule has 0 heterocycles. The van der Waals surface area contributed by atoms with Crippen LogP contribution in [0.2, 0.25) is 0 Å². The van der Waals surface area contributed by atoms with Crippen LogP contribution in [0.3, 0.4) is 0 Å². The molecule has 0 saturated heterocycles. The zero-order valence-electron chi connectivity index (χ0n) is 11.2. The van der Waals surface area contributed by atoms with E-state index in [4.69, 9.17) is 10.5 Å². The van der Waals surface area contributed by atoms with Gasteiger partial charge in [0, 0.05) is 0 Å². The van der Waals surface area contributed by atoms with E-state index in [0.29, 0.717) is 18.6 Å². The summed E-state index contributed by atoms with van der Waals surface area (Å²) in [6.07, 6.45) is 3.71. The molecule has 0 spiro atoms. The molecule has 1 saturated carbocycles. The summed E-state index contributed by atoms with van der Waals surface area (Å²) in [6, 6.07) is -0.352. The third-order valence-electron chi connectivity index (χ3n) is 3.84. The van der Waals surface area contributed by atoms with E-state index in [2.05, 4.69) is 19.2 Å². The van der Waals surface area contributed by atoms with Crippen molar-refractivity contribution < 1.29 is 9.53 Å². The van der Waals surface area contributed by atoms with Crippen molar-refractivity contribution in [3.8, 4) is 0 Å². The van der Waals surface area contributed by atoms with Crippen LogP contribution in [-0.4, -0.2) is 31.2 Å². The largest absolute Gasteiger partial charge is 0.376 e. The van der Waals surface area contributed by atoms with E-state index in [-0.39, 0.29) is 11.9 Å². The van der Waals surface area contributed by atoms with E-state index in [1.54, 1.807) is 0 Å². The third-order valence-corrected chi connectivity index (χ3v) is 3.84. The van der Waals surface area contributed by atoms with Gasteiger partial charge in [0.05, 0.1) is 12.7 Å². The fourth-order valence-corrected chi connectivity index (χ4v) is 2.37. The van der Waals surface area contributed by atoms with Crippen LogP contribution in [0.5, 0.6) is 0 Å². The average molecular weight is 242 g/mol. The van der Waals surface area contributed by atoms with Crippen molar-refractivity contribution in [2.75, 3.05) is 13.2 Å². The van der Waals surface area contributed by atoms with Gasteiger partial charge in [-0.25, -0.2) is 0 Å². The van der Waals surface area contributed by atoms with Gasteiger partial charge in [0.15, 0.2) is 0 Å². The Labute approximate surface area is 104 Å². The minimum atomic E-state index is -0.352. The fraction of sp³-hybridized carbons (Fsp3) is 0.923. The van der Waals surface area contributed by atoms with Gasteiger partial charge in [0.25, 0.3) is 0 Å². The van der Waals surface area contributed by atoms with Gasteiger partial charge in [-0.15, -0.1) is 0 Å². The predicted octanol–water partition coefficient (Wildman–Crippen LogP) is 1.29. The summed E-state index contributed by atoms with van der Waals surface area (Å²) in [5, 5.41) is 3.04. The van der Waals surface area contributed by atoms with Crippen molar-refractivity contribution in [2.45, 2.75) is 52.2 Å². The highest BCUT2D eigenvalue weighted by Crippen LogP contribution is 2.30. The van der Waals surface area contributed by atoms with Crippen molar-refractivity contribution >= 4 is 5.91 Å². The number of carbonyl (C=O) groups is 1. The summed E-state index contributed by atoms with van der Waals surface area (Å²) < 4.78 is 5.81. The third kappa shape index (κ3) is 4.64. The minimum Gasteiger partial charge on any atom is -0.376 e. The summed E-state index contributed by atoms with van der Waals surface area (Å²) in [7, 11) is 0. The second-order valence-corrected chi connectivity index (χ2v) is 5.24. The Kier molecular flexibility index (Phi) is 5.92. The first-order valence-electron chi connectivity index (χ1n) is 6.68. The van der Waals surface area contributed by atoms with Gasteiger partial charge < -0.3 is 15.8 Å². The lowest BCUT2D eigenvalue weighted by molar-refractivity contribution is -0.122. The van der Waals surface area contributed by atoms with Crippen LogP contribution in [0.25, 0.3) is 0 Å². The molecule has 1 aliphatic rings. The summed E-state index contributed by atoms with van der Waals surface area (Å²) >= 11 is 0. The van der Waals surface area contributed by atoms with E-state index in [9.17, 15) is 4.79 Å². The molecular formula is C13H26N2O2. The predicted molar refractivity (Wildman–Crippen MR) is 68.6 cm³/mol. The smallest absolute Gasteiger partial charge is 0.236 e. The highest BCUT2D eigenvalue weighted by Gasteiger charge is 2.26. The lowest BCUT2D eigenvalue weighted by Crippen LogP contribution is -2.45. The van der Waals surface area contributed by atoms with Gasteiger partial charge in [-0.2, -0.15) is 0 Å². The molecule has 4 unspecified atom stereocenters. The molecule has 100 valence electrons. The van der Waals surface area contributed by atoms with Crippen LogP contribution in [0.15, 0.2) is 0 Å². The maximum Gasteiger partial charge on any atom is 0.236 e. The van der Waals surface area contributed by atoms with Gasteiger partial charge in [-0.1, -0.05) is 20.8 Å². The number of likely N-dealkylation sites (N-methyl/N-ethyl adjacent to an activating group) is 1. The molecule has 17 heavy (non-hydrogen) atoms. The molecule has 1 amide bonds. The Morgan fingerprint density at radius 1 is 1.41 bits per heavy atom. The van der Waals surface area contributed by atoms with Crippen molar-refractivity contribution in [1.29, 1.82) is 0 Å². The van der Waals surface area contributed by atoms with Crippen molar-refractivity contribution in [3.05, 3.63) is 0 Å². The fourth-order valence-electron chi connectivity index (χ4n) is 2.37. The topological polar surface area (TPSA) is 64.3 Å². The number of primary amides is 1. The Morgan fingerprint density at radius 3 is 2.65 bits per heavy atom. The van der Waals surface area contributed by atoms with E-state index in [1.807, 2.05) is 6.92 Å². The SMILES string of the molecule is CCNC(COC1CCC(C)C(C)C1)C(N)=O. The van der Waals surface area contributed by atoms with Crippen LogP contribution in [0, 0.1) is 11.8 Å². The zero-order chi connectivity index (χ0) is 12.8. The van der Waals surface area contributed by atoms with Gasteiger partial charge in [0.1, 0.15) is 6.04 Å². The van der Waals surface area contributed by atoms with E-state index >= 15 is 0 Å². The van der Waals surface area contributed by atoms with Crippen LogP contribution in [-0.2, 0) is 9.53 Å². The van der Waals surface area contributed by atoms with Gasteiger partial charge >= 0.3 is 0 Å². The number of hydrogen-bond donors (Lipinski definition) is 2. The lowest BCUT2D eigenvalue weighted by atomic mass is 9.80. The van der Waals surface area contributed by atoms with E-state index in [0.717, 1.165) is 25.3 Å². The maximum absolute atomic E-state index is 11.2. The number of amides is 1. The number of nitrogens with two attached hydrogens (primary N) is 1. The standard InChI is InChI=1S/C13H26N2O2/c1-4-15-12(13(14)16)8-17-11-6-5-9(2)10(3)7-11/h9-12,15H,4-8H2,1-3H3,(H2,14,16). The van der Waals surface area contributed by atoms with Gasteiger partial charge in [-0.3, -0.25) is 4.79 Å². The van der Waals surface area contributed by atoms with E-state index in [1.165, 1.54) is 6.42 Å². The van der Waals surface area contributed by atoms with Crippen LogP contribution < -0.4 is 11.1 Å². The molecule has 3 N–H and O–H groups in total. The van der Waals surface area contributed by atoms with Crippen molar-refractivity contribution in [2.24, 2.45) is 17.6 Å². The molecule has 1 aliphatic carbocycles. The molecule has 1 fully saturated rings. The number of carbonyl (C=O) groups excluding carboxylic acids is 1. The molecule has 4 atom stereocenters. The molecule has 4 heteroatoms. The Hall–Kier alpha value is -0.610. The Balaban J connectivity index is 2.31. The maximum atomic E-state index is 11.2. The molecule has 0 bridgehead atoms. The highest BCUT2D eigenvalue weighted by atomic mass is 16.5. The summed E-state index contributed by atoms with van der Waals surface area (Å²) in [5.41, 5.74) is 5.31. The second kappa shape index (κ2) is 6.97. The summed E-state index contributed by atoms with van der Waals surface area (Å²) in [4.78, 5) is 11.2.